The van der Waals surface area contributed by atoms with E-state index in [1.807, 2.05) is 0 Å². The van der Waals surface area contributed by atoms with Gasteiger partial charge in [-0.05, 0) is 43.0 Å². The number of sulfonamides is 1. The van der Waals surface area contributed by atoms with Gasteiger partial charge in [-0.15, -0.1) is 0 Å². The van der Waals surface area contributed by atoms with E-state index in [4.69, 9.17) is 10.5 Å². The second-order valence-corrected chi connectivity index (χ2v) is 6.96. The predicted molar refractivity (Wildman–Crippen MR) is 74.2 cm³/mol. The lowest BCUT2D eigenvalue weighted by atomic mass is 10.0. The van der Waals surface area contributed by atoms with Crippen molar-refractivity contribution in [3.05, 3.63) is 24.3 Å². The van der Waals surface area contributed by atoms with Crippen LogP contribution in [-0.4, -0.2) is 39.5 Å². The average Bonchev–Trinajstić information content (AvgIpc) is 2.40. The first kappa shape index (κ1) is 14.3. The lowest BCUT2D eigenvalue weighted by Crippen LogP contribution is -2.34. The highest BCUT2D eigenvalue weighted by Crippen LogP contribution is 2.21. The van der Waals surface area contributed by atoms with Gasteiger partial charge in [0.05, 0.1) is 4.90 Å². The van der Waals surface area contributed by atoms with Crippen molar-refractivity contribution in [1.82, 2.24) is 4.31 Å². The lowest BCUT2D eigenvalue weighted by molar-refractivity contribution is 0.0620. The van der Waals surface area contributed by atoms with Gasteiger partial charge in [-0.25, -0.2) is 12.7 Å². The molecular formula is C13H20N2O3S. The molecule has 0 saturated carbocycles. The highest BCUT2D eigenvalue weighted by atomic mass is 32.2. The largest absolute Gasteiger partial charge is 0.399 e. The van der Waals surface area contributed by atoms with Crippen LogP contribution in [-0.2, 0) is 14.8 Å². The summed E-state index contributed by atoms with van der Waals surface area (Å²) in [5, 5.41) is 0. The number of hydrogen-bond acceptors (Lipinski definition) is 4. The molecule has 1 fully saturated rings. The molecule has 2 N–H and O–H groups in total. The minimum atomic E-state index is -3.42. The van der Waals surface area contributed by atoms with Gasteiger partial charge in [0.25, 0.3) is 0 Å². The quantitative estimate of drug-likeness (QED) is 0.846. The molecule has 1 saturated heterocycles. The van der Waals surface area contributed by atoms with E-state index in [2.05, 4.69) is 0 Å². The van der Waals surface area contributed by atoms with Crippen molar-refractivity contribution >= 4 is 15.7 Å². The van der Waals surface area contributed by atoms with Gasteiger partial charge in [0.1, 0.15) is 0 Å². The Morgan fingerprint density at radius 1 is 1.26 bits per heavy atom. The Morgan fingerprint density at radius 3 is 2.42 bits per heavy atom. The van der Waals surface area contributed by atoms with E-state index in [9.17, 15) is 8.42 Å². The van der Waals surface area contributed by atoms with Gasteiger partial charge in [0.15, 0.2) is 0 Å². The fourth-order valence-corrected chi connectivity index (χ4v) is 3.46. The molecule has 0 unspecified atom stereocenters. The fraction of sp³-hybridized carbons (Fsp3) is 0.538. The monoisotopic (exact) mass is 284 g/mol. The standard InChI is InChI=1S/C13H20N2O3S/c1-15(10-11-6-8-18-9-7-11)19(16,17)13-4-2-12(14)3-5-13/h2-5,11H,6-10,14H2,1H3. The zero-order chi connectivity index (χ0) is 13.9. The van der Waals surface area contributed by atoms with Crippen LogP contribution < -0.4 is 5.73 Å². The van der Waals surface area contributed by atoms with Crippen LogP contribution in [0.3, 0.4) is 0 Å². The van der Waals surface area contributed by atoms with Crippen molar-refractivity contribution in [2.75, 3.05) is 32.5 Å². The molecule has 1 aromatic carbocycles. The first-order valence-corrected chi connectivity index (χ1v) is 7.84. The molecule has 6 heteroatoms. The van der Waals surface area contributed by atoms with E-state index >= 15 is 0 Å². The van der Waals surface area contributed by atoms with Gasteiger partial charge in [-0.3, -0.25) is 0 Å². The van der Waals surface area contributed by atoms with E-state index < -0.39 is 10.0 Å². The molecule has 0 amide bonds. The van der Waals surface area contributed by atoms with E-state index in [0.717, 1.165) is 26.1 Å². The SMILES string of the molecule is CN(CC1CCOCC1)S(=O)(=O)c1ccc(N)cc1. The number of ether oxygens (including phenoxy) is 1. The molecule has 1 aliphatic heterocycles. The minimum Gasteiger partial charge on any atom is -0.399 e. The van der Waals surface area contributed by atoms with Crippen LogP contribution in [0.25, 0.3) is 0 Å². The number of rotatable bonds is 4. The molecule has 0 spiro atoms. The fourth-order valence-electron chi connectivity index (χ4n) is 2.21. The summed E-state index contributed by atoms with van der Waals surface area (Å²) in [6, 6.07) is 6.31. The molecule has 0 radical (unpaired) electrons. The molecular weight excluding hydrogens is 264 g/mol. The summed E-state index contributed by atoms with van der Waals surface area (Å²) < 4.78 is 31.4. The Balaban J connectivity index is 2.07. The number of hydrogen-bond donors (Lipinski definition) is 1. The van der Waals surface area contributed by atoms with Gasteiger partial charge >= 0.3 is 0 Å². The highest BCUT2D eigenvalue weighted by molar-refractivity contribution is 7.89. The summed E-state index contributed by atoms with van der Waals surface area (Å²) in [6.07, 6.45) is 1.84. The summed E-state index contributed by atoms with van der Waals surface area (Å²) in [7, 11) is -1.79. The Kier molecular flexibility index (Phi) is 4.44. The first-order valence-electron chi connectivity index (χ1n) is 6.40. The van der Waals surface area contributed by atoms with Crippen LogP contribution in [0.15, 0.2) is 29.2 Å². The highest BCUT2D eigenvalue weighted by Gasteiger charge is 2.24. The number of nitrogens with two attached hydrogens (primary N) is 1. The van der Waals surface area contributed by atoms with Crippen LogP contribution in [0.2, 0.25) is 0 Å². The molecule has 1 heterocycles. The summed E-state index contributed by atoms with van der Waals surface area (Å²) in [4.78, 5) is 0.288. The topological polar surface area (TPSA) is 72.6 Å². The van der Waals surface area contributed by atoms with Crippen molar-refractivity contribution < 1.29 is 13.2 Å². The average molecular weight is 284 g/mol. The van der Waals surface area contributed by atoms with Gasteiger partial charge in [0, 0.05) is 32.5 Å². The van der Waals surface area contributed by atoms with Crippen LogP contribution in [0.5, 0.6) is 0 Å². The van der Waals surface area contributed by atoms with Gasteiger partial charge < -0.3 is 10.5 Å². The Hall–Kier alpha value is -1.11. The maximum atomic E-state index is 12.4. The molecule has 0 aliphatic carbocycles. The van der Waals surface area contributed by atoms with E-state index in [1.54, 1.807) is 31.3 Å². The third kappa shape index (κ3) is 3.46. The van der Waals surface area contributed by atoms with E-state index in [-0.39, 0.29) is 4.90 Å². The molecule has 1 aliphatic rings. The number of anilines is 1. The number of benzene rings is 1. The maximum Gasteiger partial charge on any atom is 0.242 e. The van der Waals surface area contributed by atoms with Crippen molar-refractivity contribution in [1.29, 1.82) is 0 Å². The van der Waals surface area contributed by atoms with Crippen LogP contribution in [0, 0.1) is 5.92 Å². The maximum absolute atomic E-state index is 12.4. The van der Waals surface area contributed by atoms with Gasteiger partial charge in [-0.1, -0.05) is 0 Å². The van der Waals surface area contributed by atoms with Crippen LogP contribution in [0.1, 0.15) is 12.8 Å². The smallest absolute Gasteiger partial charge is 0.242 e. The van der Waals surface area contributed by atoms with E-state index in [0.29, 0.717) is 18.2 Å². The first-order chi connectivity index (χ1) is 9.00. The Labute approximate surface area is 114 Å². The molecule has 5 nitrogen and oxygen atoms in total. The van der Waals surface area contributed by atoms with Gasteiger partial charge in [0.2, 0.25) is 10.0 Å². The van der Waals surface area contributed by atoms with Crippen molar-refractivity contribution in [3.63, 3.8) is 0 Å². The van der Waals surface area contributed by atoms with Crippen LogP contribution >= 0.6 is 0 Å². The normalized spacial score (nSPS) is 17.8. The second-order valence-electron chi connectivity index (χ2n) is 4.91. The second kappa shape index (κ2) is 5.90. The number of nitrogen functional groups attached to an aromatic ring is 1. The third-order valence-corrected chi connectivity index (χ3v) is 5.28. The van der Waals surface area contributed by atoms with Crippen molar-refractivity contribution in [2.45, 2.75) is 17.7 Å². The Bertz CT molecular complexity index is 507. The molecule has 106 valence electrons. The molecule has 2 rings (SSSR count). The van der Waals surface area contributed by atoms with Crippen molar-refractivity contribution in [2.24, 2.45) is 5.92 Å². The molecule has 19 heavy (non-hydrogen) atoms. The summed E-state index contributed by atoms with van der Waals surface area (Å²) in [5.74, 6) is 0.377. The van der Waals surface area contributed by atoms with Gasteiger partial charge in [-0.2, -0.15) is 0 Å². The molecule has 0 bridgehead atoms. The third-order valence-electron chi connectivity index (χ3n) is 3.44. The Morgan fingerprint density at radius 2 is 1.84 bits per heavy atom. The summed E-state index contributed by atoms with van der Waals surface area (Å²) in [5.41, 5.74) is 6.13. The predicted octanol–water partition coefficient (Wildman–Crippen LogP) is 1.32. The van der Waals surface area contributed by atoms with Crippen molar-refractivity contribution in [3.8, 4) is 0 Å². The van der Waals surface area contributed by atoms with Crippen LogP contribution in [0.4, 0.5) is 5.69 Å². The van der Waals surface area contributed by atoms with E-state index in [1.165, 1.54) is 4.31 Å². The molecule has 0 aromatic heterocycles. The lowest BCUT2D eigenvalue weighted by Gasteiger charge is -2.26. The molecule has 0 atom stereocenters. The zero-order valence-corrected chi connectivity index (χ0v) is 11.9. The minimum absolute atomic E-state index is 0.288. The summed E-state index contributed by atoms with van der Waals surface area (Å²) in [6.45, 7) is 1.98. The number of nitrogens with zero attached hydrogens (tertiary/aromatic N) is 1. The molecule has 1 aromatic rings. The zero-order valence-electron chi connectivity index (χ0n) is 11.1. The summed E-state index contributed by atoms with van der Waals surface area (Å²) >= 11 is 0.